The van der Waals surface area contributed by atoms with Crippen molar-refractivity contribution in [2.24, 2.45) is 0 Å². The second-order valence-electron chi connectivity index (χ2n) is 10.3. The molecular formula is C30H30N6O3S2. The lowest BCUT2D eigenvalue weighted by atomic mass is 9.90. The minimum absolute atomic E-state index is 0.0334. The Bertz CT molecular complexity index is 1890. The van der Waals surface area contributed by atoms with Gasteiger partial charge in [0.2, 0.25) is 5.95 Å². The van der Waals surface area contributed by atoms with Gasteiger partial charge in [0.1, 0.15) is 5.65 Å². The van der Waals surface area contributed by atoms with Crippen LogP contribution in [0.2, 0.25) is 0 Å². The third-order valence-corrected chi connectivity index (χ3v) is 9.65. The van der Waals surface area contributed by atoms with E-state index in [4.69, 9.17) is 4.98 Å². The second-order valence-corrected chi connectivity index (χ2v) is 13.2. The van der Waals surface area contributed by atoms with Gasteiger partial charge in [-0.15, -0.1) is 11.3 Å². The van der Waals surface area contributed by atoms with Crippen LogP contribution < -0.4 is 16.2 Å². The highest BCUT2D eigenvalue weighted by molar-refractivity contribution is 7.90. The molecule has 5 aromatic rings. The minimum Gasteiger partial charge on any atom is -0.324 e. The summed E-state index contributed by atoms with van der Waals surface area (Å²) in [6.07, 6.45) is 5.12. The molecule has 0 saturated carbocycles. The predicted molar refractivity (Wildman–Crippen MR) is 163 cm³/mol. The van der Waals surface area contributed by atoms with Gasteiger partial charge < -0.3 is 10.6 Å². The Labute approximate surface area is 242 Å². The first-order chi connectivity index (χ1) is 19.8. The lowest BCUT2D eigenvalue weighted by molar-refractivity contribution is 0.460. The Hall–Kier alpha value is -3.93. The third kappa shape index (κ3) is 5.65. The summed E-state index contributed by atoms with van der Waals surface area (Å²) in [6.45, 7) is 3.97. The normalized spacial score (nSPS) is 14.4. The molecule has 210 valence electrons. The van der Waals surface area contributed by atoms with Crippen molar-refractivity contribution in [2.75, 3.05) is 24.7 Å². The topological polar surface area (TPSA) is 119 Å². The number of aromatic nitrogens is 4. The number of hydrogen-bond acceptors (Lipinski definition) is 9. The summed E-state index contributed by atoms with van der Waals surface area (Å²) in [5.41, 5.74) is 5.75. The fourth-order valence-electron chi connectivity index (χ4n) is 5.38. The van der Waals surface area contributed by atoms with Crippen LogP contribution in [0.1, 0.15) is 35.6 Å². The molecule has 0 amide bonds. The van der Waals surface area contributed by atoms with Crippen LogP contribution in [0.25, 0.3) is 21.5 Å². The highest BCUT2D eigenvalue weighted by Gasteiger charge is 2.20. The van der Waals surface area contributed by atoms with E-state index in [1.165, 1.54) is 27.7 Å². The fourth-order valence-corrected chi connectivity index (χ4v) is 7.13. The summed E-state index contributed by atoms with van der Waals surface area (Å²) >= 11 is 1.39. The number of sulfone groups is 1. The fraction of sp³-hybridized carbons (Fsp3) is 0.267. The molecule has 1 saturated heterocycles. The van der Waals surface area contributed by atoms with Crippen LogP contribution in [0.15, 0.2) is 76.0 Å². The number of piperidine rings is 1. The number of pyridine rings is 1. The van der Waals surface area contributed by atoms with Crippen molar-refractivity contribution in [3.05, 3.63) is 93.5 Å². The summed E-state index contributed by atoms with van der Waals surface area (Å²) < 4.78 is 26.6. The number of nitrogens with one attached hydrogen (secondary N) is 2. The van der Waals surface area contributed by atoms with Crippen molar-refractivity contribution >= 4 is 43.8 Å². The van der Waals surface area contributed by atoms with E-state index in [0.29, 0.717) is 34.0 Å². The zero-order chi connectivity index (χ0) is 28.6. The lowest BCUT2D eigenvalue weighted by Crippen LogP contribution is -2.26. The SMILES string of the molecule is Cc1ncsc1-c1cc2cnc(Nc3ccc(C4CCNCC4)cc3)nc2n(Cc2ccccc2S(C)(=O)=O)c1=O. The van der Waals surface area contributed by atoms with Gasteiger partial charge in [-0.05, 0) is 74.2 Å². The Morgan fingerprint density at radius 2 is 1.83 bits per heavy atom. The molecular weight excluding hydrogens is 557 g/mol. The first-order valence-electron chi connectivity index (χ1n) is 13.4. The second kappa shape index (κ2) is 11.2. The number of aryl methyl sites for hydroxylation is 1. The molecule has 0 unspecified atom stereocenters. The van der Waals surface area contributed by atoms with Gasteiger partial charge in [0, 0.05) is 23.5 Å². The summed E-state index contributed by atoms with van der Waals surface area (Å²) in [4.78, 5) is 28.5. The van der Waals surface area contributed by atoms with Gasteiger partial charge in [-0.25, -0.2) is 18.4 Å². The molecule has 0 bridgehead atoms. The largest absolute Gasteiger partial charge is 0.324 e. The minimum atomic E-state index is -3.51. The molecule has 9 nitrogen and oxygen atoms in total. The Kier molecular flexibility index (Phi) is 7.41. The Morgan fingerprint density at radius 1 is 1.07 bits per heavy atom. The molecule has 41 heavy (non-hydrogen) atoms. The Morgan fingerprint density at radius 3 is 2.54 bits per heavy atom. The summed E-state index contributed by atoms with van der Waals surface area (Å²) in [6, 6.07) is 16.8. The quantitative estimate of drug-likeness (QED) is 0.277. The highest BCUT2D eigenvalue weighted by atomic mass is 32.2. The van der Waals surface area contributed by atoms with E-state index in [1.807, 2.05) is 19.1 Å². The average molecular weight is 587 g/mol. The molecule has 2 aromatic carbocycles. The highest BCUT2D eigenvalue weighted by Crippen LogP contribution is 2.29. The molecule has 2 N–H and O–H groups in total. The zero-order valence-corrected chi connectivity index (χ0v) is 24.4. The number of anilines is 2. The van der Waals surface area contributed by atoms with E-state index in [1.54, 1.807) is 42.0 Å². The molecule has 4 heterocycles. The zero-order valence-electron chi connectivity index (χ0n) is 22.8. The molecule has 0 spiro atoms. The maximum Gasteiger partial charge on any atom is 0.261 e. The van der Waals surface area contributed by atoms with Gasteiger partial charge in [0.15, 0.2) is 9.84 Å². The van der Waals surface area contributed by atoms with E-state index in [0.717, 1.165) is 42.2 Å². The van der Waals surface area contributed by atoms with Gasteiger partial charge in [0.25, 0.3) is 5.56 Å². The molecule has 1 fully saturated rings. The molecule has 11 heteroatoms. The number of rotatable bonds is 7. The monoisotopic (exact) mass is 586 g/mol. The van der Waals surface area contributed by atoms with Crippen molar-refractivity contribution in [3.8, 4) is 10.4 Å². The van der Waals surface area contributed by atoms with Crippen LogP contribution in [0, 0.1) is 6.92 Å². The van der Waals surface area contributed by atoms with E-state index in [9.17, 15) is 13.2 Å². The smallest absolute Gasteiger partial charge is 0.261 e. The summed E-state index contributed by atoms with van der Waals surface area (Å²) in [5.74, 6) is 0.904. The van der Waals surface area contributed by atoms with Crippen LogP contribution in [0.5, 0.6) is 0 Å². The first-order valence-corrected chi connectivity index (χ1v) is 16.2. The van der Waals surface area contributed by atoms with Crippen molar-refractivity contribution in [1.82, 2.24) is 24.8 Å². The van der Waals surface area contributed by atoms with Crippen molar-refractivity contribution in [3.63, 3.8) is 0 Å². The number of hydrogen-bond donors (Lipinski definition) is 2. The number of nitrogens with zero attached hydrogens (tertiary/aromatic N) is 4. The summed E-state index contributed by atoms with van der Waals surface area (Å²) in [5, 5.41) is 7.34. The van der Waals surface area contributed by atoms with Crippen LogP contribution in [-0.2, 0) is 16.4 Å². The average Bonchev–Trinajstić information content (AvgIpc) is 3.40. The van der Waals surface area contributed by atoms with E-state index in [2.05, 4.69) is 32.7 Å². The molecule has 6 rings (SSSR count). The van der Waals surface area contributed by atoms with Crippen LogP contribution in [-0.4, -0.2) is 47.3 Å². The Balaban J connectivity index is 1.42. The number of fused-ring (bicyclic) bond motifs is 1. The van der Waals surface area contributed by atoms with E-state index < -0.39 is 9.84 Å². The first kappa shape index (κ1) is 27.3. The maximum absolute atomic E-state index is 14.0. The van der Waals surface area contributed by atoms with Crippen LogP contribution in [0.3, 0.4) is 0 Å². The maximum atomic E-state index is 14.0. The van der Waals surface area contributed by atoms with Crippen molar-refractivity contribution in [1.29, 1.82) is 0 Å². The summed E-state index contributed by atoms with van der Waals surface area (Å²) in [7, 11) is -3.51. The molecule has 1 aliphatic heterocycles. The molecule has 3 aromatic heterocycles. The van der Waals surface area contributed by atoms with E-state index in [-0.39, 0.29) is 17.0 Å². The molecule has 0 atom stereocenters. The van der Waals surface area contributed by atoms with Gasteiger partial charge >= 0.3 is 0 Å². The van der Waals surface area contributed by atoms with Crippen LogP contribution in [0.4, 0.5) is 11.6 Å². The van der Waals surface area contributed by atoms with Crippen molar-refractivity contribution in [2.45, 2.75) is 37.1 Å². The molecule has 0 radical (unpaired) electrons. The van der Waals surface area contributed by atoms with Gasteiger partial charge in [-0.2, -0.15) is 4.98 Å². The van der Waals surface area contributed by atoms with Gasteiger partial charge in [-0.1, -0.05) is 30.3 Å². The van der Waals surface area contributed by atoms with Gasteiger partial charge in [-0.3, -0.25) is 9.36 Å². The standard InChI is InChI=1S/C30H30N6O3S2/c1-19-27(40-18-33-19)25-15-23-16-32-30(34-24-9-7-20(8-10-24)21-11-13-31-14-12-21)35-28(23)36(29(25)37)17-22-5-3-4-6-26(22)41(2,38)39/h3-10,15-16,18,21,31H,11-14,17H2,1-2H3,(H,32,34,35). The van der Waals surface area contributed by atoms with Gasteiger partial charge in [0.05, 0.1) is 33.1 Å². The van der Waals surface area contributed by atoms with Crippen molar-refractivity contribution < 1.29 is 8.42 Å². The molecule has 1 aliphatic rings. The third-order valence-electron chi connectivity index (χ3n) is 7.50. The van der Waals surface area contributed by atoms with Crippen LogP contribution >= 0.6 is 11.3 Å². The van der Waals surface area contributed by atoms with E-state index >= 15 is 0 Å². The molecule has 0 aliphatic carbocycles. The number of thiazole rings is 1. The lowest BCUT2D eigenvalue weighted by Gasteiger charge is -2.23. The predicted octanol–water partition coefficient (Wildman–Crippen LogP) is 4.89. The number of benzene rings is 2.